The van der Waals surface area contributed by atoms with Crippen molar-refractivity contribution in [2.75, 3.05) is 6.67 Å². The molecule has 1 aliphatic heterocycles. The summed E-state index contributed by atoms with van der Waals surface area (Å²) in [5.74, 6) is 1.25. The van der Waals surface area contributed by atoms with Crippen molar-refractivity contribution in [3.8, 4) is 0 Å². The van der Waals surface area contributed by atoms with E-state index in [-0.39, 0.29) is 5.54 Å². The Morgan fingerprint density at radius 3 is 2.88 bits per heavy atom. The highest BCUT2D eigenvalue weighted by molar-refractivity contribution is 5.91. The van der Waals surface area contributed by atoms with Gasteiger partial charge in [0.2, 0.25) is 5.91 Å². The molecule has 3 fully saturated rings. The molecule has 0 aromatic carbocycles. The molecule has 3 aliphatic rings. The molecule has 0 aromatic heterocycles. The second kappa shape index (κ2) is 3.73. The van der Waals surface area contributed by atoms with Gasteiger partial charge in [-0.2, -0.15) is 0 Å². The van der Waals surface area contributed by atoms with Crippen LogP contribution in [0.25, 0.3) is 0 Å². The third kappa shape index (κ3) is 1.56. The van der Waals surface area contributed by atoms with Crippen LogP contribution < -0.4 is 5.32 Å². The van der Waals surface area contributed by atoms with E-state index in [0.717, 1.165) is 25.4 Å². The monoisotopic (exact) mass is 222 g/mol. The molecule has 1 saturated heterocycles. The number of nitrogens with one attached hydrogen (secondary N) is 1. The first-order valence-electron chi connectivity index (χ1n) is 6.81. The van der Waals surface area contributed by atoms with Gasteiger partial charge in [-0.05, 0) is 31.6 Å². The third-order valence-electron chi connectivity index (χ3n) is 4.78. The second-order valence-electron chi connectivity index (χ2n) is 5.79. The van der Waals surface area contributed by atoms with Crippen LogP contribution in [0.1, 0.15) is 51.9 Å². The van der Waals surface area contributed by atoms with Gasteiger partial charge in [-0.1, -0.05) is 26.2 Å². The maximum Gasteiger partial charge on any atom is 0.244 e. The highest BCUT2D eigenvalue weighted by Crippen LogP contribution is 2.42. The molecule has 2 aliphatic carbocycles. The Bertz CT molecular complexity index is 298. The number of hydrogen-bond donors (Lipinski definition) is 1. The minimum absolute atomic E-state index is 0.0981. The fraction of sp³-hybridized carbons (Fsp3) is 0.923. The molecule has 16 heavy (non-hydrogen) atoms. The fourth-order valence-electron chi connectivity index (χ4n) is 3.39. The summed E-state index contributed by atoms with van der Waals surface area (Å²) >= 11 is 0. The average molecular weight is 222 g/mol. The van der Waals surface area contributed by atoms with Gasteiger partial charge in [0.15, 0.2) is 0 Å². The Kier molecular flexibility index (Phi) is 2.46. The van der Waals surface area contributed by atoms with Crippen LogP contribution in [0.3, 0.4) is 0 Å². The number of amides is 1. The van der Waals surface area contributed by atoms with Crippen molar-refractivity contribution in [3.63, 3.8) is 0 Å². The molecule has 0 aromatic rings. The standard InChI is InChI=1S/C13H22N2O/c1-2-10-4-3-5-11(8-10)15-9-14-13(6-7-13)12(15)16/h10-11,14H,2-9H2,1H3. The van der Waals surface area contributed by atoms with Crippen molar-refractivity contribution in [1.82, 2.24) is 10.2 Å². The first-order valence-corrected chi connectivity index (χ1v) is 6.81. The van der Waals surface area contributed by atoms with E-state index in [0.29, 0.717) is 11.9 Å². The van der Waals surface area contributed by atoms with Crippen LogP contribution in [0.2, 0.25) is 0 Å². The zero-order chi connectivity index (χ0) is 11.2. The van der Waals surface area contributed by atoms with Crippen LogP contribution in [-0.4, -0.2) is 29.1 Å². The largest absolute Gasteiger partial charge is 0.325 e. The number of nitrogens with zero attached hydrogens (tertiary/aromatic N) is 1. The normalized spacial score (nSPS) is 37.1. The van der Waals surface area contributed by atoms with Crippen molar-refractivity contribution < 1.29 is 4.79 Å². The van der Waals surface area contributed by atoms with Crippen molar-refractivity contribution in [2.45, 2.75) is 63.5 Å². The Morgan fingerprint density at radius 2 is 2.25 bits per heavy atom. The molecule has 90 valence electrons. The van der Waals surface area contributed by atoms with Crippen LogP contribution in [0.4, 0.5) is 0 Å². The molecular formula is C13H22N2O. The molecule has 3 heteroatoms. The van der Waals surface area contributed by atoms with E-state index in [1.165, 1.54) is 32.1 Å². The maximum atomic E-state index is 12.2. The lowest BCUT2D eigenvalue weighted by atomic mass is 9.83. The van der Waals surface area contributed by atoms with E-state index < -0.39 is 0 Å². The summed E-state index contributed by atoms with van der Waals surface area (Å²) in [4.78, 5) is 14.4. The molecule has 2 unspecified atom stereocenters. The van der Waals surface area contributed by atoms with Crippen LogP contribution in [0.15, 0.2) is 0 Å². The predicted octanol–water partition coefficient (Wildman–Crippen LogP) is 1.88. The quantitative estimate of drug-likeness (QED) is 0.773. The highest BCUT2D eigenvalue weighted by atomic mass is 16.2. The Morgan fingerprint density at radius 1 is 1.44 bits per heavy atom. The van der Waals surface area contributed by atoms with Crippen molar-refractivity contribution >= 4 is 5.91 Å². The average Bonchev–Trinajstić information content (AvgIpc) is 3.03. The third-order valence-corrected chi connectivity index (χ3v) is 4.78. The number of rotatable bonds is 2. The van der Waals surface area contributed by atoms with Crippen molar-refractivity contribution in [2.24, 2.45) is 5.92 Å². The van der Waals surface area contributed by atoms with Gasteiger partial charge >= 0.3 is 0 Å². The van der Waals surface area contributed by atoms with Crippen LogP contribution in [0.5, 0.6) is 0 Å². The minimum atomic E-state index is -0.0981. The highest BCUT2D eigenvalue weighted by Gasteiger charge is 2.56. The SMILES string of the molecule is CCC1CCCC(N2CNC3(CC3)C2=O)C1. The van der Waals surface area contributed by atoms with Crippen molar-refractivity contribution in [3.05, 3.63) is 0 Å². The maximum absolute atomic E-state index is 12.2. The lowest BCUT2D eigenvalue weighted by Crippen LogP contribution is -2.41. The zero-order valence-electron chi connectivity index (χ0n) is 10.2. The Balaban J connectivity index is 1.66. The molecule has 2 saturated carbocycles. The van der Waals surface area contributed by atoms with Gasteiger partial charge in [-0.25, -0.2) is 0 Å². The number of carbonyl (C=O) groups is 1. The first kappa shape index (κ1) is 10.6. The van der Waals surface area contributed by atoms with Gasteiger partial charge in [0.05, 0.1) is 12.2 Å². The molecule has 1 amide bonds. The van der Waals surface area contributed by atoms with E-state index in [1.807, 2.05) is 0 Å². The summed E-state index contributed by atoms with van der Waals surface area (Å²) in [5.41, 5.74) is -0.0981. The van der Waals surface area contributed by atoms with Gasteiger partial charge in [0, 0.05) is 6.04 Å². The number of hydrogen-bond acceptors (Lipinski definition) is 2. The lowest BCUT2D eigenvalue weighted by molar-refractivity contribution is -0.132. The molecule has 0 radical (unpaired) electrons. The molecular weight excluding hydrogens is 200 g/mol. The van der Waals surface area contributed by atoms with E-state index in [2.05, 4.69) is 17.1 Å². The van der Waals surface area contributed by atoms with Crippen LogP contribution in [-0.2, 0) is 4.79 Å². The first-order chi connectivity index (χ1) is 7.75. The minimum Gasteiger partial charge on any atom is -0.325 e. The van der Waals surface area contributed by atoms with Crippen LogP contribution in [0, 0.1) is 5.92 Å². The molecule has 3 rings (SSSR count). The lowest BCUT2D eigenvalue weighted by Gasteiger charge is -2.34. The Hall–Kier alpha value is -0.570. The molecule has 2 atom stereocenters. The van der Waals surface area contributed by atoms with Gasteiger partial charge in [-0.3, -0.25) is 10.1 Å². The molecule has 1 heterocycles. The van der Waals surface area contributed by atoms with Gasteiger partial charge in [0.1, 0.15) is 0 Å². The summed E-state index contributed by atoms with van der Waals surface area (Å²) in [6, 6.07) is 0.527. The Labute approximate surface area is 97.6 Å². The summed E-state index contributed by atoms with van der Waals surface area (Å²) in [7, 11) is 0. The predicted molar refractivity (Wildman–Crippen MR) is 62.9 cm³/mol. The molecule has 1 spiro atoms. The van der Waals surface area contributed by atoms with E-state index in [9.17, 15) is 4.79 Å². The summed E-state index contributed by atoms with van der Waals surface area (Å²) < 4.78 is 0. The van der Waals surface area contributed by atoms with Gasteiger partial charge in [0.25, 0.3) is 0 Å². The summed E-state index contributed by atoms with van der Waals surface area (Å²) in [6.45, 7) is 3.08. The fourth-order valence-corrected chi connectivity index (χ4v) is 3.39. The van der Waals surface area contributed by atoms with Gasteiger partial charge in [-0.15, -0.1) is 0 Å². The summed E-state index contributed by atoms with van der Waals surface area (Å²) in [5, 5.41) is 3.41. The topological polar surface area (TPSA) is 32.3 Å². The molecule has 3 nitrogen and oxygen atoms in total. The number of carbonyl (C=O) groups excluding carboxylic acids is 1. The van der Waals surface area contributed by atoms with E-state index in [1.54, 1.807) is 0 Å². The molecule has 1 N–H and O–H groups in total. The summed E-state index contributed by atoms with van der Waals surface area (Å²) in [6.07, 6.45) is 8.53. The van der Waals surface area contributed by atoms with E-state index >= 15 is 0 Å². The van der Waals surface area contributed by atoms with Crippen LogP contribution >= 0.6 is 0 Å². The second-order valence-corrected chi connectivity index (χ2v) is 5.79. The van der Waals surface area contributed by atoms with Gasteiger partial charge < -0.3 is 4.90 Å². The van der Waals surface area contributed by atoms with E-state index in [4.69, 9.17) is 0 Å². The molecule has 0 bridgehead atoms. The van der Waals surface area contributed by atoms with Crippen molar-refractivity contribution in [1.29, 1.82) is 0 Å². The smallest absolute Gasteiger partial charge is 0.244 e. The zero-order valence-corrected chi connectivity index (χ0v) is 10.2.